The van der Waals surface area contributed by atoms with E-state index < -0.39 is 11.6 Å². The molecule has 76 valence electrons. The van der Waals surface area contributed by atoms with Gasteiger partial charge in [0.25, 0.3) is 0 Å². The van der Waals surface area contributed by atoms with Gasteiger partial charge in [0.05, 0.1) is 11.4 Å². The molecule has 0 radical (unpaired) electrons. The second-order valence-electron chi connectivity index (χ2n) is 3.11. The summed E-state index contributed by atoms with van der Waals surface area (Å²) in [5.74, 6) is -1.23. The van der Waals surface area contributed by atoms with Crippen LogP contribution in [0.3, 0.4) is 0 Å². The van der Waals surface area contributed by atoms with Crippen molar-refractivity contribution in [3.63, 3.8) is 0 Å². The Bertz CT molecular complexity index is 498. The van der Waals surface area contributed by atoms with Crippen LogP contribution >= 0.6 is 0 Å². The molecule has 0 saturated carbocycles. The fraction of sp³-hybridized carbons (Fsp3) is 0.0909. The SMILES string of the molecule is Cc1nccnc1-c1ccc(F)cc1F. The molecule has 0 bridgehead atoms. The Balaban J connectivity index is 2.60. The third-order valence-electron chi connectivity index (χ3n) is 2.07. The van der Waals surface area contributed by atoms with Crippen molar-refractivity contribution >= 4 is 0 Å². The summed E-state index contributed by atoms with van der Waals surface area (Å²) in [6.07, 6.45) is 3.01. The highest BCUT2D eigenvalue weighted by molar-refractivity contribution is 5.61. The van der Waals surface area contributed by atoms with Crippen LogP contribution in [0.2, 0.25) is 0 Å². The van der Waals surface area contributed by atoms with Crippen LogP contribution in [0.4, 0.5) is 8.78 Å². The van der Waals surface area contributed by atoms with Gasteiger partial charge in [-0.25, -0.2) is 8.78 Å². The van der Waals surface area contributed by atoms with Crippen LogP contribution in [-0.4, -0.2) is 9.97 Å². The smallest absolute Gasteiger partial charge is 0.135 e. The molecule has 0 aliphatic carbocycles. The lowest BCUT2D eigenvalue weighted by molar-refractivity contribution is 0.585. The van der Waals surface area contributed by atoms with E-state index >= 15 is 0 Å². The van der Waals surface area contributed by atoms with Crippen LogP contribution in [0.15, 0.2) is 30.6 Å². The van der Waals surface area contributed by atoms with E-state index in [0.29, 0.717) is 11.4 Å². The lowest BCUT2D eigenvalue weighted by Crippen LogP contribution is -1.94. The van der Waals surface area contributed by atoms with E-state index in [4.69, 9.17) is 0 Å². The maximum Gasteiger partial charge on any atom is 0.135 e. The van der Waals surface area contributed by atoms with E-state index in [9.17, 15) is 8.78 Å². The molecule has 0 fully saturated rings. The van der Waals surface area contributed by atoms with Gasteiger partial charge in [0.1, 0.15) is 11.6 Å². The molecule has 0 N–H and O–H groups in total. The lowest BCUT2D eigenvalue weighted by atomic mass is 10.1. The van der Waals surface area contributed by atoms with Crippen LogP contribution in [0.5, 0.6) is 0 Å². The fourth-order valence-electron chi connectivity index (χ4n) is 1.35. The molecule has 0 aliphatic rings. The molecule has 0 atom stereocenters. The summed E-state index contributed by atoms with van der Waals surface area (Å²) in [6.45, 7) is 1.73. The van der Waals surface area contributed by atoms with Crippen LogP contribution in [0.1, 0.15) is 5.69 Å². The minimum atomic E-state index is -0.626. The number of nitrogens with zero attached hydrogens (tertiary/aromatic N) is 2. The van der Waals surface area contributed by atoms with Gasteiger partial charge in [-0.05, 0) is 19.1 Å². The van der Waals surface area contributed by atoms with E-state index in [0.717, 1.165) is 6.07 Å². The molecule has 0 aliphatic heterocycles. The van der Waals surface area contributed by atoms with Gasteiger partial charge in [-0.1, -0.05) is 0 Å². The quantitative estimate of drug-likeness (QED) is 0.716. The van der Waals surface area contributed by atoms with Crippen molar-refractivity contribution in [3.05, 3.63) is 47.9 Å². The van der Waals surface area contributed by atoms with E-state index in [2.05, 4.69) is 9.97 Å². The van der Waals surface area contributed by atoms with Crippen molar-refractivity contribution < 1.29 is 8.78 Å². The van der Waals surface area contributed by atoms with Gasteiger partial charge in [-0.2, -0.15) is 0 Å². The van der Waals surface area contributed by atoms with Gasteiger partial charge < -0.3 is 0 Å². The first-order valence-corrected chi connectivity index (χ1v) is 4.41. The zero-order valence-corrected chi connectivity index (χ0v) is 8.04. The van der Waals surface area contributed by atoms with Gasteiger partial charge in [0.15, 0.2) is 0 Å². The monoisotopic (exact) mass is 206 g/mol. The second kappa shape index (κ2) is 3.73. The highest BCUT2D eigenvalue weighted by atomic mass is 19.1. The molecule has 4 heteroatoms. The summed E-state index contributed by atoms with van der Waals surface area (Å²) >= 11 is 0. The van der Waals surface area contributed by atoms with Gasteiger partial charge in [-0.3, -0.25) is 9.97 Å². The van der Waals surface area contributed by atoms with Crippen LogP contribution in [0.25, 0.3) is 11.3 Å². The summed E-state index contributed by atoms with van der Waals surface area (Å²) in [6, 6.07) is 3.40. The van der Waals surface area contributed by atoms with Crippen molar-refractivity contribution in [3.8, 4) is 11.3 Å². The number of aromatic nitrogens is 2. The highest BCUT2D eigenvalue weighted by Gasteiger charge is 2.09. The Morgan fingerprint density at radius 2 is 1.80 bits per heavy atom. The molecule has 1 heterocycles. The molecule has 1 aromatic heterocycles. The van der Waals surface area contributed by atoms with Crippen LogP contribution in [0, 0.1) is 18.6 Å². The van der Waals surface area contributed by atoms with E-state index in [1.807, 2.05) is 0 Å². The molecule has 0 unspecified atom stereocenters. The average Bonchev–Trinajstić information content (AvgIpc) is 2.20. The topological polar surface area (TPSA) is 25.8 Å². The van der Waals surface area contributed by atoms with Crippen LogP contribution < -0.4 is 0 Å². The van der Waals surface area contributed by atoms with Gasteiger partial charge in [-0.15, -0.1) is 0 Å². The first kappa shape index (κ1) is 9.71. The number of rotatable bonds is 1. The predicted octanol–water partition coefficient (Wildman–Crippen LogP) is 2.73. The number of hydrogen-bond donors (Lipinski definition) is 0. The van der Waals surface area contributed by atoms with Gasteiger partial charge >= 0.3 is 0 Å². The summed E-state index contributed by atoms with van der Waals surface area (Å²) in [4.78, 5) is 8.01. The maximum absolute atomic E-state index is 13.4. The minimum absolute atomic E-state index is 0.266. The van der Waals surface area contributed by atoms with Gasteiger partial charge in [0.2, 0.25) is 0 Å². The van der Waals surface area contributed by atoms with Gasteiger partial charge in [0, 0.05) is 24.0 Å². The molecular weight excluding hydrogens is 198 g/mol. The zero-order valence-electron chi connectivity index (χ0n) is 8.04. The van der Waals surface area contributed by atoms with Crippen molar-refractivity contribution in [2.75, 3.05) is 0 Å². The third kappa shape index (κ3) is 1.83. The second-order valence-corrected chi connectivity index (χ2v) is 3.11. The van der Waals surface area contributed by atoms with E-state index in [1.54, 1.807) is 6.92 Å². The summed E-state index contributed by atoms with van der Waals surface area (Å²) in [5, 5.41) is 0. The molecule has 1 aromatic carbocycles. The minimum Gasteiger partial charge on any atom is -0.258 e. The summed E-state index contributed by atoms with van der Waals surface area (Å²) in [5.41, 5.74) is 1.32. The number of benzene rings is 1. The molecular formula is C11H8F2N2. The molecule has 15 heavy (non-hydrogen) atoms. The molecule has 2 rings (SSSR count). The average molecular weight is 206 g/mol. The van der Waals surface area contributed by atoms with Crippen molar-refractivity contribution in [1.29, 1.82) is 0 Å². The van der Waals surface area contributed by atoms with Crippen molar-refractivity contribution in [2.24, 2.45) is 0 Å². The Kier molecular flexibility index (Phi) is 2.41. The Morgan fingerprint density at radius 3 is 2.47 bits per heavy atom. The molecule has 2 nitrogen and oxygen atoms in total. The summed E-state index contributed by atoms with van der Waals surface area (Å²) in [7, 11) is 0. The predicted molar refractivity (Wildman–Crippen MR) is 52.1 cm³/mol. The molecule has 2 aromatic rings. The van der Waals surface area contributed by atoms with Crippen LogP contribution in [-0.2, 0) is 0 Å². The summed E-state index contributed by atoms with van der Waals surface area (Å²) < 4.78 is 26.1. The molecule has 0 spiro atoms. The maximum atomic E-state index is 13.4. The Hall–Kier alpha value is -1.84. The van der Waals surface area contributed by atoms with Crippen molar-refractivity contribution in [1.82, 2.24) is 9.97 Å². The van der Waals surface area contributed by atoms with E-state index in [1.165, 1.54) is 24.5 Å². The first-order chi connectivity index (χ1) is 7.18. The molecule has 0 saturated heterocycles. The third-order valence-corrected chi connectivity index (χ3v) is 2.07. The Morgan fingerprint density at radius 1 is 1.07 bits per heavy atom. The van der Waals surface area contributed by atoms with Crippen molar-refractivity contribution in [2.45, 2.75) is 6.92 Å². The standard InChI is InChI=1S/C11H8F2N2/c1-7-11(15-5-4-14-7)9-3-2-8(12)6-10(9)13/h2-6H,1H3. The number of aryl methyl sites for hydroxylation is 1. The normalized spacial score (nSPS) is 10.3. The first-order valence-electron chi connectivity index (χ1n) is 4.41. The Labute approximate surface area is 85.6 Å². The lowest BCUT2D eigenvalue weighted by Gasteiger charge is -2.04. The highest BCUT2D eigenvalue weighted by Crippen LogP contribution is 2.22. The van der Waals surface area contributed by atoms with E-state index in [-0.39, 0.29) is 5.56 Å². The zero-order chi connectivity index (χ0) is 10.8. The number of hydrogen-bond acceptors (Lipinski definition) is 2. The molecule has 0 amide bonds. The fourth-order valence-corrected chi connectivity index (χ4v) is 1.35. The number of halogens is 2. The largest absolute Gasteiger partial charge is 0.258 e.